The van der Waals surface area contributed by atoms with E-state index in [1.165, 1.54) is 13.0 Å². The molecule has 0 aliphatic rings. The summed E-state index contributed by atoms with van der Waals surface area (Å²) < 4.78 is 12.6. The van der Waals surface area contributed by atoms with E-state index in [2.05, 4.69) is 10.3 Å². The fraction of sp³-hybridized carbons (Fsp3) is 0.250. The molecule has 0 aliphatic carbocycles. The maximum Gasteiger partial charge on any atom is 0.222 e. The van der Waals surface area contributed by atoms with Crippen LogP contribution in [0.15, 0.2) is 12.1 Å². The van der Waals surface area contributed by atoms with Crippen LogP contribution in [0.1, 0.15) is 12.5 Å². The summed E-state index contributed by atoms with van der Waals surface area (Å²) in [5.74, 6) is -0.591. The Morgan fingerprint density at radius 3 is 2.75 bits per heavy atom. The van der Waals surface area contributed by atoms with Crippen molar-refractivity contribution >= 4 is 11.7 Å². The molecule has 1 aromatic rings. The SMILES string of the molecule is CC(=O)Nc1cc(C)cc(F)n1. The molecular weight excluding hydrogens is 159 g/mol. The van der Waals surface area contributed by atoms with E-state index in [0.29, 0.717) is 0 Å². The summed E-state index contributed by atoms with van der Waals surface area (Å²) >= 11 is 0. The van der Waals surface area contributed by atoms with Crippen molar-refractivity contribution in [3.05, 3.63) is 23.6 Å². The maximum absolute atomic E-state index is 12.6. The number of nitrogens with one attached hydrogen (secondary N) is 1. The van der Waals surface area contributed by atoms with Crippen molar-refractivity contribution in [1.29, 1.82) is 0 Å². The molecule has 1 aromatic heterocycles. The normalized spacial score (nSPS) is 9.58. The van der Waals surface area contributed by atoms with Gasteiger partial charge in [-0.3, -0.25) is 4.79 Å². The second-order valence-electron chi connectivity index (χ2n) is 2.53. The van der Waals surface area contributed by atoms with Crippen molar-refractivity contribution in [2.24, 2.45) is 0 Å². The second kappa shape index (κ2) is 3.30. The van der Waals surface area contributed by atoms with E-state index in [-0.39, 0.29) is 11.7 Å². The summed E-state index contributed by atoms with van der Waals surface area (Å²) in [4.78, 5) is 14.0. The molecule has 0 aliphatic heterocycles. The molecule has 1 N–H and O–H groups in total. The van der Waals surface area contributed by atoms with Gasteiger partial charge in [-0.05, 0) is 24.6 Å². The van der Waals surface area contributed by atoms with Crippen LogP contribution < -0.4 is 5.32 Å². The van der Waals surface area contributed by atoms with E-state index in [4.69, 9.17) is 0 Å². The van der Waals surface area contributed by atoms with Gasteiger partial charge in [0.1, 0.15) is 5.82 Å². The lowest BCUT2D eigenvalue weighted by molar-refractivity contribution is -0.114. The molecule has 12 heavy (non-hydrogen) atoms. The fourth-order valence-corrected chi connectivity index (χ4v) is 0.869. The van der Waals surface area contributed by atoms with Crippen molar-refractivity contribution in [1.82, 2.24) is 4.98 Å². The van der Waals surface area contributed by atoms with E-state index in [9.17, 15) is 9.18 Å². The summed E-state index contributed by atoms with van der Waals surface area (Å²) in [7, 11) is 0. The zero-order chi connectivity index (χ0) is 9.14. The van der Waals surface area contributed by atoms with Gasteiger partial charge in [-0.1, -0.05) is 0 Å². The minimum Gasteiger partial charge on any atom is -0.311 e. The standard InChI is InChI=1S/C8H9FN2O/c1-5-3-7(9)11-8(4-5)10-6(2)12/h3-4H,1-2H3,(H,10,11,12). The van der Waals surface area contributed by atoms with Crippen LogP contribution in [0.25, 0.3) is 0 Å². The number of anilines is 1. The molecule has 1 amide bonds. The van der Waals surface area contributed by atoms with Gasteiger partial charge < -0.3 is 5.32 Å². The highest BCUT2D eigenvalue weighted by Gasteiger charge is 2.00. The van der Waals surface area contributed by atoms with Crippen LogP contribution in [0, 0.1) is 12.9 Å². The molecule has 0 bridgehead atoms. The van der Waals surface area contributed by atoms with E-state index in [0.717, 1.165) is 5.56 Å². The Morgan fingerprint density at radius 2 is 2.25 bits per heavy atom. The van der Waals surface area contributed by atoms with Gasteiger partial charge in [-0.15, -0.1) is 0 Å². The predicted octanol–water partition coefficient (Wildman–Crippen LogP) is 1.49. The van der Waals surface area contributed by atoms with Gasteiger partial charge in [0.05, 0.1) is 0 Å². The molecule has 0 unspecified atom stereocenters. The lowest BCUT2D eigenvalue weighted by Crippen LogP contribution is -2.08. The first-order valence-electron chi connectivity index (χ1n) is 3.50. The highest BCUT2D eigenvalue weighted by molar-refractivity contribution is 5.87. The topological polar surface area (TPSA) is 42.0 Å². The zero-order valence-electron chi connectivity index (χ0n) is 6.89. The summed E-state index contributed by atoms with van der Waals surface area (Å²) in [6.45, 7) is 3.08. The Kier molecular flexibility index (Phi) is 2.38. The third-order valence-electron chi connectivity index (χ3n) is 1.24. The van der Waals surface area contributed by atoms with Gasteiger partial charge in [-0.2, -0.15) is 4.39 Å². The van der Waals surface area contributed by atoms with Gasteiger partial charge >= 0.3 is 0 Å². The van der Waals surface area contributed by atoms with Crippen LogP contribution >= 0.6 is 0 Å². The number of pyridine rings is 1. The van der Waals surface area contributed by atoms with Gasteiger partial charge in [0.15, 0.2) is 0 Å². The first kappa shape index (κ1) is 8.64. The molecule has 1 rings (SSSR count). The summed E-state index contributed by atoms with van der Waals surface area (Å²) in [5, 5.41) is 2.40. The lowest BCUT2D eigenvalue weighted by atomic mass is 10.3. The first-order valence-corrected chi connectivity index (χ1v) is 3.50. The molecule has 4 heteroatoms. The molecular formula is C8H9FN2O. The quantitative estimate of drug-likeness (QED) is 0.645. The van der Waals surface area contributed by atoms with Crippen molar-refractivity contribution in [2.75, 3.05) is 5.32 Å². The van der Waals surface area contributed by atoms with Gasteiger partial charge in [0.2, 0.25) is 11.9 Å². The average molecular weight is 168 g/mol. The van der Waals surface area contributed by atoms with Gasteiger partial charge in [0.25, 0.3) is 0 Å². The third-order valence-corrected chi connectivity index (χ3v) is 1.24. The molecule has 64 valence electrons. The van der Waals surface area contributed by atoms with E-state index in [1.54, 1.807) is 13.0 Å². The number of amides is 1. The molecule has 0 radical (unpaired) electrons. The fourth-order valence-electron chi connectivity index (χ4n) is 0.869. The minimum atomic E-state index is -0.584. The second-order valence-corrected chi connectivity index (χ2v) is 2.53. The number of rotatable bonds is 1. The molecule has 3 nitrogen and oxygen atoms in total. The molecule has 0 aromatic carbocycles. The molecule has 0 saturated carbocycles. The Bertz CT molecular complexity index is 292. The largest absolute Gasteiger partial charge is 0.311 e. The van der Waals surface area contributed by atoms with Crippen LogP contribution in [0.5, 0.6) is 0 Å². The highest BCUT2D eigenvalue weighted by atomic mass is 19.1. The van der Waals surface area contributed by atoms with Crippen LogP contribution in [0.4, 0.5) is 10.2 Å². The summed E-state index contributed by atoms with van der Waals surface area (Å²) in [6, 6.07) is 2.90. The number of hydrogen-bond donors (Lipinski definition) is 1. The lowest BCUT2D eigenvalue weighted by Gasteiger charge is -2.01. The highest BCUT2D eigenvalue weighted by Crippen LogP contribution is 2.07. The van der Waals surface area contributed by atoms with Crippen molar-refractivity contribution in [2.45, 2.75) is 13.8 Å². The number of carbonyl (C=O) groups excluding carboxylic acids is 1. The Balaban J connectivity index is 2.93. The monoisotopic (exact) mass is 168 g/mol. The molecule has 0 spiro atoms. The number of hydrogen-bond acceptors (Lipinski definition) is 2. The molecule has 1 heterocycles. The summed E-state index contributed by atoms with van der Waals surface area (Å²) in [6.07, 6.45) is 0. The number of halogens is 1. The van der Waals surface area contributed by atoms with E-state index in [1.807, 2.05) is 0 Å². The maximum atomic E-state index is 12.6. The Hall–Kier alpha value is -1.45. The summed E-state index contributed by atoms with van der Waals surface area (Å²) in [5.41, 5.74) is 0.728. The average Bonchev–Trinajstić information content (AvgIpc) is 1.81. The van der Waals surface area contributed by atoms with Crippen LogP contribution in [0.2, 0.25) is 0 Å². The van der Waals surface area contributed by atoms with Gasteiger partial charge in [-0.25, -0.2) is 4.98 Å². The van der Waals surface area contributed by atoms with Crippen molar-refractivity contribution < 1.29 is 9.18 Å². The minimum absolute atomic E-state index is 0.250. The first-order chi connectivity index (χ1) is 5.58. The number of carbonyl (C=O) groups is 1. The Morgan fingerprint density at radius 1 is 1.58 bits per heavy atom. The predicted molar refractivity (Wildman–Crippen MR) is 43.2 cm³/mol. The van der Waals surface area contributed by atoms with Crippen LogP contribution in [-0.2, 0) is 4.79 Å². The smallest absolute Gasteiger partial charge is 0.222 e. The number of aryl methyl sites for hydroxylation is 1. The number of nitrogens with zero attached hydrogens (tertiary/aromatic N) is 1. The molecule has 0 saturated heterocycles. The Labute approximate surface area is 69.6 Å². The van der Waals surface area contributed by atoms with E-state index < -0.39 is 5.95 Å². The van der Waals surface area contributed by atoms with Crippen molar-refractivity contribution in [3.63, 3.8) is 0 Å². The third kappa shape index (κ3) is 2.30. The zero-order valence-corrected chi connectivity index (χ0v) is 6.89. The molecule has 0 atom stereocenters. The number of aromatic nitrogens is 1. The van der Waals surface area contributed by atoms with Crippen LogP contribution in [-0.4, -0.2) is 10.9 Å². The van der Waals surface area contributed by atoms with Gasteiger partial charge in [0, 0.05) is 6.92 Å². The van der Waals surface area contributed by atoms with E-state index >= 15 is 0 Å². The van der Waals surface area contributed by atoms with Crippen molar-refractivity contribution in [3.8, 4) is 0 Å². The van der Waals surface area contributed by atoms with Crippen LogP contribution in [0.3, 0.4) is 0 Å². The molecule has 0 fully saturated rings.